The topological polar surface area (TPSA) is 71.4 Å². The molecule has 26 heavy (non-hydrogen) atoms. The second kappa shape index (κ2) is 7.69. The SMILES string of the molecule is Cc1c(Cl)cccc1NC(=O)/C(C#N)=C/c1cc(Cl)c2c(c1)OCCO2. The lowest BCUT2D eigenvalue weighted by Crippen LogP contribution is -2.16. The highest BCUT2D eigenvalue weighted by molar-refractivity contribution is 6.32. The summed E-state index contributed by atoms with van der Waals surface area (Å²) in [6.45, 7) is 2.62. The molecule has 1 aliphatic rings. The second-order valence-corrected chi connectivity index (χ2v) is 6.38. The Bertz CT molecular complexity index is 949. The van der Waals surface area contributed by atoms with E-state index in [-0.39, 0.29) is 5.57 Å². The van der Waals surface area contributed by atoms with Gasteiger partial charge in [-0.05, 0) is 48.4 Å². The van der Waals surface area contributed by atoms with Gasteiger partial charge >= 0.3 is 0 Å². The third-order valence-corrected chi connectivity index (χ3v) is 4.50. The number of halogens is 2. The number of hydrogen-bond donors (Lipinski definition) is 1. The maximum atomic E-state index is 12.5. The molecule has 2 aromatic rings. The van der Waals surface area contributed by atoms with Crippen molar-refractivity contribution in [3.05, 3.63) is 57.1 Å². The van der Waals surface area contributed by atoms with E-state index in [9.17, 15) is 10.1 Å². The quantitative estimate of drug-likeness (QED) is 0.614. The zero-order chi connectivity index (χ0) is 18.7. The fourth-order valence-electron chi connectivity index (χ4n) is 2.46. The van der Waals surface area contributed by atoms with Gasteiger partial charge in [-0.25, -0.2) is 0 Å². The van der Waals surface area contributed by atoms with Gasteiger partial charge in [0.1, 0.15) is 24.9 Å². The predicted molar refractivity (Wildman–Crippen MR) is 101 cm³/mol. The van der Waals surface area contributed by atoms with Crippen LogP contribution in [-0.4, -0.2) is 19.1 Å². The fourth-order valence-corrected chi connectivity index (χ4v) is 2.91. The highest BCUT2D eigenvalue weighted by Gasteiger charge is 2.17. The summed E-state index contributed by atoms with van der Waals surface area (Å²) in [6.07, 6.45) is 1.44. The Balaban J connectivity index is 1.89. The van der Waals surface area contributed by atoms with Gasteiger partial charge in [-0.15, -0.1) is 0 Å². The summed E-state index contributed by atoms with van der Waals surface area (Å²) in [5, 5.41) is 13.0. The normalized spacial score (nSPS) is 13.1. The molecule has 1 amide bonds. The molecule has 1 N–H and O–H groups in total. The lowest BCUT2D eigenvalue weighted by Gasteiger charge is -2.19. The Kier molecular flexibility index (Phi) is 5.36. The average molecular weight is 389 g/mol. The average Bonchev–Trinajstić information content (AvgIpc) is 2.63. The number of nitrogens with one attached hydrogen (secondary N) is 1. The molecule has 0 bridgehead atoms. The Morgan fingerprint density at radius 2 is 2.00 bits per heavy atom. The van der Waals surface area contributed by atoms with Crippen molar-refractivity contribution in [1.82, 2.24) is 0 Å². The number of rotatable bonds is 3. The summed E-state index contributed by atoms with van der Waals surface area (Å²) in [6, 6.07) is 10.4. The van der Waals surface area contributed by atoms with Gasteiger partial charge in [-0.3, -0.25) is 4.79 Å². The van der Waals surface area contributed by atoms with Crippen LogP contribution in [0.25, 0.3) is 6.08 Å². The smallest absolute Gasteiger partial charge is 0.266 e. The lowest BCUT2D eigenvalue weighted by atomic mass is 10.1. The molecule has 0 unspecified atom stereocenters. The van der Waals surface area contributed by atoms with E-state index in [0.717, 1.165) is 5.56 Å². The number of nitriles is 1. The van der Waals surface area contributed by atoms with E-state index in [2.05, 4.69) is 5.32 Å². The van der Waals surface area contributed by atoms with E-state index in [4.69, 9.17) is 32.7 Å². The molecule has 5 nitrogen and oxygen atoms in total. The molecule has 0 saturated carbocycles. The van der Waals surface area contributed by atoms with Crippen LogP contribution >= 0.6 is 23.2 Å². The van der Waals surface area contributed by atoms with Gasteiger partial charge in [-0.1, -0.05) is 29.3 Å². The molecule has 0 radical (unpaired) electrons. The van der Waals surface area contributed by atoms with Crippen LogP contribution in [0.1, 0.15) is 11.1 Å². The van der Waals surface area contributed by atoms with Crippen molar-refractivity contribution in [2.75, 3.05) is 18.5 Å². The van der Waals surface area contributed by atoms with Gasteiger partial charge < -0.3 is 14.8 Å². The maximum Gasteiger partial charge on any atom is 0.266 e. The maximum absolute atomic E-state index is 12.5. The molecule has 1 heterocycles. The number of anilines is 1. The number of carbonyl (C=O) groups is 1. The standard InChI is InChI=1S/C19H14Cl2N2O3/c1-11-14(20)3-2-4-16(11)23-19(24)13(10-22)7-12-8-15(21)18-17(9-12)25-5-6-26-18/h2-4,7-9H,5-6H2,1H3,(H,23,24)/b13-7+. The summed E-state index contributed by atoms with van der Waals surface area (Å²) >= 11 is 12.2. The first-order valence-electron chi connectivity index (χ1n) is 7.77. The number of benzene rings is 2. The fraction of sp³-hybridized carbons (Fsp3) is 0.158. The third kappa shape index (κ3) is 3.77. The van der Waals surface area contributed by atoms with Crippen molar-refractivity contribution in [1.29, 1.82) is 5.26 Å². The van der Waals surface area contributed by atoms with Crippen molar-refractivity contribution in [2.45, 2.75) is 6.92 Å². The van der Waals surface area contributed by atoms with Crippen molar-refractivity contribution < 1.29 is 14.3 Å². The molecule has 0 aromatic heterocycles. The van der Waals surface area contributed by atoms with Gasteiger partial charge in [0.15, 0.2) is 11.5 Å². The van der Waals surface area contributed by atoms with Crippen LogP contribution in [-0.2, 0) is 4.79 Å². The molecule has 0 spiro atoms. The van der Waals surface area contributed by atoms with Crippen LogP contribution in [0.5, 0.6) is 11.5 Å². The highest BCUT2D eigenvalue weighted by atomic mass is 35.5. The van der Waals surface area contributed by atoms with Crippen LogP contribution in [0.15, 0.2) is 35.9 Å². The van der Waals surface area contributed by atoms with Gasteiger partial charge in [-0.2, -0.15) is 5.26 Å². The summed E-state index contributed by atoms with van der Waals surface area (Å²) in [4.78, 5) is 12.5. The minimum absolute atomic E-state index is 0.0721. The van der Waals surface area contributed by atoms with Crippen molar-refractivity contribution >= 4 is 40.9 Å². The Hall–Kier alpha value is -2.68. The van der Waals surface area contributed by atoms with Crippen LogP contribution in [0.4, 0.5) is 5.69 Å². The van der Waals surface area contributed by atoms with Gasteiger partial charge in [0.05, 0.1) is 5.02 Å². The molecular weight excluding hydrogens is 375 g/mol. The first-order chi connectivity index (χ1) is 12.5. The second-order valence-electron chi connectivity index (χ2n) is 5.56. The zero-order valence-corrected chi connectivity index (χ0v) is 15.3. The molecule has 0 fully saturated rings. The number of hydrogen-bond acceptors (Lipinski definition) is 4. The van der Waals surface area contributed by atoms with Crippen molar-refractivity contribution in [3.8, 4) is 17.6 Å². The number of carbonyl (C=O) groups excluding carboxylic acids is 1. The number of fused-ring (bicyclic) bond motifs is 1. The van der Waals surface area contributed by atoms with Crippen molar-refractivity contribution in [3.63, 3.8) is 0 Å². The number of nitrogens with zero attached hydrogens (tertiary/aromatic N) is 1. The monoisotopic (exact) mass is 388 g/mol. The molecule has 0 atom stereocenters. The lowest BCUT2D eigenvalue weighted by molar-refractivity contribution is -0.112. The van der Waals surface area contributed by atoms with E-state index in [0.29, 0.717) is 46.0 Å². The Morgan fingerprint density at radius 3 is 2.77 bits per heavy atom. The summed E-state index contributed by atoms with van der Waals surface area (Å²) in [7, 11) is 0. The summed E-state index contributed by atoms with van der Waals surface area (Å²) in [5.41, 5.74) is 1.76. The molecule has 3 rings (SSSR count). The Morgan fingerprint density at radius 1 is 1.23 bits per heavy atom. The first kappa shape index (κ1) is 18.1. The van der Waals surface area contributed by atoms with Crippen LogP contribution in [0, 0.1) is 18.3 Å². The minimum Gasteiger partial charge on any atom is -0.486 e. The molecule has 132 valence electrons. The predicted octanol–water partition coefficient (Wildman–Crippen LogP) is 4.62. The van der Waals surface area contributed by atoms with Gasteiger partial charge in [0.2, 0.25) is 0 Å². The summed E-state index contributed by atoms with van der Waals surface area (Å²) < 4.78 is 11.0. The molecule has 0 aliphatic carbocycles. The molecule has 0 saturated heterocycles. The van der Waals surface area contributed by atoms with E-state index in [1.54, 1.807) is 37.3 Å². The highest BCUT2D eigenvalue weighted by Crippen LogP contribution is 2.38. The summed E-state index contributed by atoms with van der Waals surface area (Å²) in [5.74, 6) is 0.412. The molecule has 1 aliphatic heterocycles. The molecular formula is C19H14Cl2N2O3. The van der Waals surface area contributed by atoms with Crippen LogP contribution < -0.4 is 14.8 Å². The zero-order valence-electron chi connectivity index (χ0n) is 13.8. The Labute approximate surface area is 160 Å². The van der Waals surface area contributed by atoms with E-state index >= 15 is 0 Å². The molecule has 2 aromatic carbocycles. The van der Waals surface area contributed by atoms with Crippen molar-refractivity contribution in [2.24, 2.45) is 0 Å². The van der Waals surface area contributed by atoms with Crippen LogP contribution in [0.3, 0.4) is 0 Å². The van der Waals surface area contributed by atoms with E-state index < -0.39 is 5.91 Å². The largest absolute Gasteiger partial charge is 0.486 e. The molecule has 7 heteroatoms. The number of ether oxygens (including phenoxy) is 2. The van der Waals surface area contributed by atoms with Gasteiger partial charge in [0.25, 0.3) is 5.91 Å². The minimum atomic E-state index is -0.538. The van der Waals surface area contributed by atoms with Gasteiger partial charge in [0, 0.05) is 10.7 Å². The first-order valence-corrected chi connectivity index (χ1v) is 8.52. The number of amides is 1. The third-order valence-electron chi connectivity index (χ3n) is 3.81. The van der Waals surface area contributed by atoms with Crippen LogP contribution in [0.2, 0.25) is 10.0 Å². The van der Waals surface area contributed by atoms with E-state index in [1.165, 1.54) is 6.08 Å². The van der Waals surface area contributed by atoms with E-state index in [1.807, 2.05) is 6.07 Å².